The number of ether oxygens (including phenoxy) is 2. The molecule has 0 spiro atoms. The topological polar surface area (TPSA) is 81.6 Å². The molecule has 4 rings (SSSR count). The largest absolute Gasteiger partial charge is 0.493 e. The first kappa shape index (κ1) is 22.7. The van der Waals surface area contributed by atoms with E-state index in [2.05, 4.69) is 9.97 Å². The van der Waals surface area contributed by atoms with Gasteiger partial charge in [-0.25, -0.2) is 9.37 Å². The molecule has 0 saturated carbocycles. The van der Waals surface area contributed by atoms with Gasteiger partial charge in [0.1, 0.15) is 5.82 Å². The molecular weight excluding hydrogens is 476 g/mol. The first-order valence-corrected chi connectivity index (χ1v) is 10.6. The number of rotatable bonds is 6. The fraction of sp³-hybridized carbons (Fsp3) is 0.0909. The third kappa shape index (κ3) is 4.96. The predicted molar refractivity (Wildman–Crippen MR) is 118 cm³/mol. The van der Waals surface area contributed by atoms with Crippen molar-refractivity contribution in [2.45, 2.75) is 6.54 Å². The molecule has 0 N–H and O–H groups in total. The molecule has 168 valence electrons. The van der Waals surface area contributed by atoms with E-state index >= 15 is 0 Å². The van der Waals surface area contributed by atoms with E-state index in [4.69, 9.17) is 21.1 Å². The van der Waals surface area contributed by atoms with Crippen molar-refractivity contribution in [3.63, 3.8) is 0 Å². The molecular formula is C22H14ClF2N3O4S. The van der Waals surface area contributed by atoms with Crippen LogP contribution in [0.1, 0.15) is 11.1 Å². The Kier molecular flexibility index (Phi) is 6.57. The molecule has 0 aliphatic carbocycles. The molecule has 2 amide bonds. The number of thioether (sulfide) groups is 1. The Bertz CT molecular complexity index is 1290. The highest BCUT2D eigenvalue weighted by atomic mass is 35.5. The van der Waals surface area contributed by atoms with Crippen molar-refractivity contribution in [3.8, 4) is 17.4 Å². The second-order valence-corrected chi connectivity index (χ2v) is 8.00. The molecule has 2 heterocycles. The first-order valence-electron chi connectivity index (χ1n) is 9.38. The molecule has 0 bridgehead atoms. The fourth-order valence-electron chi connectivity index (χ4n) is 2.95. The maximum atomic E-state index is 13.9. The van der Waals surface area contributed by atoms with Crippen molar-refractivity contribution in [3.05, 3.63) is 81.6 Å². The van der Waals surface area contributed by atoms with Crippen molar-refractivity contribution in [2.75, 3.05) is 7.11 Å². The lowest BCUT2D eigenvalue weighted by molar-refractivity contribution is -0.123. The Morgan fingerprint density at radius 1 is 1.12 bits per heavy atom. The molecule has 0 unspecified atom stereocenters. The quantitative estimate of drug-likeness (QED) is 0.336. The minimum absolute atomic E-state index is 0.149. The zero-order chi connectivity index (χ0) is 23.5. The normalized spacial score (nSPS) is 14.8. The van der Waals surface area contributed by atoms with Gasteiger partial charge in [-0.05, 0) is 53.2 Å². The van der Waals surface area contributed by atoms with E-state index < -0.39 is 22.8 Å². The third-order valence-corrected chi connectivity index (χ3v) is 5.62. The van der Waals surface area contributed by atoms with Gasteiger partial charge in [0, 0.05) is 5.56 Å². The van der Waals surface area contributed by atoms with Crippen molar-refractivity contribution in [1.82, 2.24) is 14.9 Å². The maximum Gasteiger partial charge on any atom is 0.293 e. The summed E-state index contributed by atoms with van der Waals surface area (Å²) in [5.41, 5.74) is 0.762. The van der Waals surface area contributed by atoms with Crippen LogP contribution >= 0.6 is 23.4 Å². The van der Waals surface area contributed by atoms with Crippen LogP contribution in [0.3, 0.4) is 0 Å². The van der Waals surface area contributed by atoms with Crippen molar-refractivity contribution in [2.24, 2.45) is 0 Å². The highest BCUT2D eigenvalue weighted by Crippen LogP contribution is 2.36. The molecule has 1 aromatic heterocycles. The van der Waals surface area contributed by atoms with E-state index in [9.17, 15) is 18.4 Å². The summed E-state index contributed by atoms with van der Waals surface area (Å²) >= 11 is 6.43. The van der Waals surface area contributed by atoms with E-state index in [0.717, 1.165) is 22.9 Å². The van der Waals surface area contributed by atoms with Gasteiger partial charge in [0.15, 0.2) is 11.5 Å². The van der Waals surface area contributed by atoms with Crippen LogP contribution in [0.5, 0.6) is 17.4 Å². The number of amides is 2. The van der Waals surface area contributed by atoms with Crippen LogP contribution in [0, 0.1) is 11.6 Å². The summed E-state index contributed by atoms with van der Waals surface area (Å²) in [6.07, 6.45) is 2.38. The van der Waals surface area contributed by atoms with Gasteiger partial charge in [-0.1, -0.05) is 24.3 Å². The molecule has 0 radical (unpaired) electrons. The van der Waals surface area contributed by atoms with Gasteiger partial charge in [-0.2, -0.15) is 9.37 Å². The van der Waals surface area contributed by atoms with Gasteiger partial charge in [-0.15, -0.1) is 0 Å². The SMILES string of the molecule is COc1cc(/C=C2\SC(=O)N(Cc3ccccc3F)C2=O)ccc1Oc1nc(Cl)ncc1F. The summed E-state index contributed by atoms with van der Waals surface area (Å²) in [5, 5.41) is -0.689. The van der Waals surface area contributed by atoms with Gasteiger partial charge < -0.3 is 9.47 Å². The van der Waals surface area contributed by atoms with Crippen LogP contribution in [-0.4, -0.2) is 33.1 Å². The summed E-state index contributed by atoms with van der Waals surface area (Å²) in [6.45, 7) is -0.169. The number of aromatic nitrogens is 2. The van der Waals surface area contributed by atoms with Gasteiger partial charge in [0.2, 0.25) is 11.1 Å². The minimum Gasteiger partial charge on any atom is -0.493 e. The van der Waals surface area contributed by atoms with Crippen LogP contribution in [0.25, 0.3) is 6.08 Å². The highest BCUT2D eigenvalue weighted by Gasteiger charge is 2.35. The second kappa shape index (κ2) is 9.55. The maximum absolute atomic E-state index is 13.9. The molecule has 1 saturated heterocycles. The minimum atomic E-state index is -0.811. The molecule has 11 heteroatoms. The van der Waals surface area contributed by atoms with E-state index in [0.29, 0.717) is 5.56 Å². The van der Waals surface area contributed by atoms with Crippen LogP contribution in [0.4, 0.5) is 13.6 Å². The average molecular weight is 490 g/mol. The monoisotopic (exact) mass is 489 g/mol. The van der Waals surface area contributed by atoms with Crippen LogP contribution < -0.4 is 9.47 Å². The lowest BCUT2D eigenvalue weighted by Crippen LogP contribution is -2.27. The first-order chi connectivity index (χ1) is 15.9. The van der Waals surface area contributed by atoms with Crippen LogP contribution in [0.2, 0.25) is 5.28 Å². The smallest absolute Gasteiger partial charge is 0.293 e. The van der Waals surface area contributed by atoms with Gasteiger partial charge >= 0.3 is 0 Å². The predicted octanol–water partition coefficient (Wildman–Crippen LogP) is 5.45. The number of methoxy groups -OCH3 is 1. The third-order valence-electron chi connectivity index (χ3n) is 4.53. The Morgan fingerprint density at radius 3 is 2.67 bits per heavy atom. The number of carbonyl (C=O) groups is 2. The summed E-state index contributed by atoms with van der Waals surface area (Å²) in [4.78, 5) is 33.4. The van der Waals surface area contributed by atoms with Gasteiger partial charge in [0.25, 0.3) is 17.0 Å². The zero-order valence-corrected chi connectivity index (χ0v) is 18.5. The summed E-state index contributed by atoms with van der Waals surface area (Å²) in [7, 11) is 1.39. The van der Waals surface area contributed by atoms with Crippen LogP contribution in [0.15, 0.2) is 53.6 Å². The number of halogens is 3. The Balaban J connectivity index is 1.56. The number of hydrogen-bond donors (Lipinski definition) is 0. The van der Waals surface area contributed by atoms with Gasteiger partial charge in [-0.3, -0.25) is 14.5 Å². The summed E-state index contributed by atoms with van der Waals surface area (Å²) < 4.78 is 38.5. The molecule has 7 nitrogen and oxygen atoms in total. The highest BCUT2D eigenvalue weighted by molar-refractivity contribution is 8.18. The van der Waals surface area contributed by atoms with Crippen molar-refractivity contribution >= 4 is 40.6 Å². The van der Waals surface area contributed by atoms with Crippen molar-refractivity contribution < 1.29 is 27.8 Å². The summed E-state index contributed by atoms with van der Waals surface area (Å²) in [6, 6.07) is 10.6. The Labute approximate surface area is 196 Å². The Morgan fingerprint density at radius 2 is 1.91 bits per heavy atom. The number of imide groups is 1. The molecule has 0 atom stereocenters. The number of benzene rings is 2. The standard InChI is InChI=1S/C22H14ClF2N3O4S/c1-31-17-8-12(6-7-16(17)32-19-15(25)10-26-21(23)27-19)9-18-20(29)28(22(30)33-18)11-13-4-2-3-5-14(13)24/h2-10H,11H2,1H3/b18-9-. The van der Waals surface area contributed by atoms with E-state index in [1.165, 1.54) is 37.5 Å². The molecule has 2 aromatic carbocycles. The molecule has 1 aliphatic heterocycles. The molecule has 1 fully saturated rings. The van der Waals surface area contributed by atoms with Gasteiger partial charge in [0.05, 0.1) is 24.8 Å². The van der Waals surface area contributed by atoms with Crippen molar-refractivity contribution in [1.29, 1.82) is 0 Å². The van der Waals surface area contributed by atoms with Crippen LogP contribution in [-0.2, 0) is 11.3 Å². The summed E-state index contributed by atoms with van der Waals surface area (Å²) in [5.74, 6) is -1.85. The number of carbonyl (C=O) groups excluding carboxylic acids is 2. The fourth-order valence-corrected chi connectivity index (χ4v) is 3.91. The average Bonchev–Trinajstić information content (AvgIpc) is 3.06. The lowest BCUT2D eigenvalue weighted by atomic mass is 10.1. The van der Waals surface area contributed by atoms with E-state index in [1.807, 2.05) is 0 Å². The molecule has 3 aromatic rings. The number of hydrogen-bond acceptors (Lipinski definition) is 7. The second-order valence-electron chi connectivity index (χ2n) is 6.66. The molecule has 33 heavy (non-hydrogen) atoms. The zero-order valence-electron chi connectivity index (χ0n) is 16.9. The molecule has 1 aliphatic rings. The lowest BCUT2D eigenvalue weighted by Gasteiger charge is -2.13. The number of nitrogens with zero attached hydrogens (tertiary/aromatic N) is 3. The Hall–Kier alpha value is -3.50. The van der Waals surface area contributed by atoms with E-state index in [1.54, 1.807) is 18.2 Å². The van der Waals surface area contributed by atoms with E-state index in [-0.39, 0.29) is 39.7 Å².